The second kappa shape index (κ2) is 12.2. The van der Waals surface area contributed by atoms with Gasteiger partial charge in [0.25, 0.3) is 11.8 Å². The SMILES string of the molecule is CON(C)C(=O)[C@H]1CC[C@H](NC(=O)c2cc3cc(Cl)ccc3[nH]2)[C@H](NC(=O)c2nc3c(s2)CN(C)CC3)C1.Cl. The van der Waals surface area contributed by atoms with Crippen LogP contribution in [0, 0.1) is 5.92 Å². The Morgan fingerprint density at radius 1 is 1.18 bits per heavy atom. The Labute approximate surface area is 241 Å². The summed E-state index contributed by atoms with van der Waals surface area (Å²) in [6, 6.07) is 6.32. The lowest BCUT2D eigenvalue weighted by Crippen LogP contribution is -2.56. The lowest BCUT2D eigenvalue weighted by Gasteiger charge is -2.37. The van der Waals surface area contributed by atoms with E-state index in [0.717, 1.165) is 41.0 Å². The van der Waals surface area contributed by atoms with Crippen LogP contribution in [0.15, 0.2) is 24.3 Å². The molecular formula is C26H32Cl2N6O4S. The molecule has 3 heterocycles. The molecule has 1 aliphatic heterocycles. The van der Waals surface area contributed by atoms with Crippen LogP contribution >= 0.6 is 35.3 Å². The second-order valence-electron chi connectivity index (χ2n) is 9.98. The number of carbonyl (C=O) groups is 3. The van der Waals surface area contributed by atoms with E-state index in [4.69, 9.17) is 16.4 Å². The summed E-state index contributed by atoms with van der Waals surface area (Å²) in [4.78, 5) is 55.5. The molecule has 3 atom stereocenters. The van der Waals surface area contributed by atoms with Gasteiger partial charge in [0.15, 0.2) is 5.01 Å². The minimum absolute atomic E-state index is 0. The van der Waals surface area contributed by atoms with Crippen molar-refractivity contribution in [2.75, 3.05) is 27.7 Å². The van der Waals surface area contributed by atoms with Crippen molar-refractivity contribution in [3.8, 4) is 0 Å². The van der Waals surface area contributed by atoms with Crippen molar-refractivity contribution >= 4 is 64.0 Å². The van der Waals surface area contributed by atoms with Crippen LogP contribution in [0.5, 0.6) is 0 Å². The van der Waals surface area contributed by atoms with E-state index in [0.29, 0.717) is 35.0 Å². The van der Waals surface area contributed by atoms with Gasteiger partial charge in [0.1, 0.15) is 5.69 Å². The van der Waals surface area contributed by atoms with E-state index in [1.165, 1.54) is 23.5 Å². The number of nitrogens with zero attached hydrogens (tertiary/aromatic N) is 3. The Balaban J connectivity index is 0.00000353. The number of hydrogen-bond acceptors (Lipinski definition) is 7. The number of nitrogens with one attached hydrogen (secondary N) is 3. The molecule has 13 heteroatoms. The number of H-pyrrole nitrogens is 1. The first-order valence-corrected chi connectivity index (χ1v) is 13.8. The van der Waals surface area contributed by atoms with E-state index < -0.39 is 6.04 Å². The first-order valence-electron chi connectivity index (χ1n) is 12.6. The molecule has 5 rings (SSSR count). The fourth-order valence-electron chi connectivity index (χ4n) is 5.20. The van der Waals surface area contributed by atoms with E-state index in [1.807, 2.05) is 13.1 Å². The molecule has 10 nitrogen and oxygen atoms in total. The Bertz CT molecular complexity index is 1380. The van der Waals surface area contributed by atoms with Crippen LogP contribution in [-0.2, 0) is 22.6 Å². The Kier molecular flexibility index (Phi) is 9.18. The maximum atomic E-state index is 13.3. The number of rotatable bonds is 6. The fraction of sp³-hybridized carbons (Fsp3) is 0.462. The third kappa shape index (κ3) is 6.38. The van der Waals surface area contributed by atoms with Gasteiger partial charge in [-0.15, -0.1) is 23.7 Å². The largest absolute Gasteiger partial charge is 0.351 e. The quantitative estimate of drug-likeness (QED) is 0.376. The van der Waals surface area contributed by atoms with Crippen molar-refractivity contribution < 1.29 is 19.2 Å². The van der Waals surface area contributed by atoms with E-state index in [1.54, 1.807) is 25.2 Å². The normalized spacial score (nSPS) is 21.1. The third-order valence-corrected chi connectivity index (χ3v) is 8.68. The molecule has 3 aromatic rings. The summed E-state index contributed by atoms with van der Waals surface area (Å²) < 4.78 is 0. The van der Waals surface area contributed by atoms with Gasteiger partial charge in [-0.25, -0.2) is 10.0 Å². The van der Waals surface area contributed by atoms with E-state index in [9.17, 15) is 14.4 Å². The highest BCUT2D eigenvalue weighted by atomic mass is 35.5. The zero-order chi connectivity index (χ0) is 27.0. The Morgan fingerprint density at radius 3 is 2.72 bits per heavy atom. The minimum atomic E-state index is -0.457. The van der Waals surface area contributed by atoms with E-state index >= 15 is 0 Å². The highest BCUT2D eigenvalue weighted by Crippen LogP contribution is 2.29. The van der Waals surface area contributed by atoms with Crippen LogP contribution < -0.4 is 10.6 Å². The monoisotopic (exact) mass is 594 g/mol. The number of amides is 3. The van der Waals surface area contributed by atoms with Crippen molar-refractivity contribution in [2.24, 2.45) is 5.92 Å². The number of benzene rings is 1. The molecule has 3 N–H and O–H groups in total. The van der Waals surface area contributed by atoms with Crippen LogP contribution in [0.25, 0.3) is 10.9 Å². The van der Waals surface area contributed by atoms with Crippen LogP contribution in [-0.4, -0.2) is 77.5 Å². The van der Waals surface area contributed by atoms with Crippen LogP contribution in [0.4, 0.5) is 0 Å². The first kappa shape index (κ1) is 29.3. The highest BCUT2D eigenvalue weighted by Gasteiger charge is 2.37. The molecule has 2 aromatic heterocycles. The van der Waals surface area contributed by atoms with E-state index in [-0.39, 0.29) is 42.1 Å². The molecule has 0 radical (unpaired) electrons. The number of carbonyl (C=O) groups excluding carboxylic acids is 3. The number of aromatic amines is 1. The molecule has 2 aliphatic rings. The number of hydrogen-bond donors (Lipinski definition) is 3. The van der Waals surface area contributed by atoms with Gasteiger partial charge < -0.3 is 20.5 Å². The average molecular weight is 596 g/mol. The zero-order valence-electron chi connectivity index (χ0n) is 22.0. The maximum absolute atomic E-state index is 13.3. The maximum Gasteiger partial charge on any atom is 0.280 e. The van der Waals surface area contributed by atoms with Gasteiger partial charge in [-0.2, -0.15) is 0 Å². The number of hydroxylamine groups is 2. The number of fused-ring (bicyclic) bond motifs is 2. The molecule has 0 bridgehead atoms. The summed E-state index contributed by atoms with van der Waals surface area (Å²) in [6.07, 6.45) is 2.27. The lowest BCUT2D eigenvalue weighted by atomic mass is 9.81. The lowest BCUT2D eigenvalue weighted by molar-refractivity contribution is -0.174. The Hall–Kier alpha value is -2.70. The molecule has 0 saturated heterocycles. The summed E-state index contributed by atoms with van der Waals surface area (Å²) in [7, 11) is 5.06. The van der Waals surface area contributed by atoms with Gasteiger partial charge in [0, 0.05) is 59.3 Å². The molecule has 3 amide bonds. The summed E-state index contributed by atoms with van der Waals surface area (Å²) >= 11 is 7.50. The molecule has 0 spiro atoms. The van der Waals surface area contributed by atoms with Crippen LogP contribution in [0.3, 0.4) is 0 Å². The van der Waals surface area contributed by atoms with Gasteiger partial charge in [-0.3, -0.25) is 19.2 Å². The number of thiazole rings is 1. The summed E-state index contributed by atoms with van der Waals surface area (Å²) in [5.41, 5.74) is 2.18. The van der Waals surface area contributed by atoms with Crippen molar-refractivity contribution in [3.63, 3.8) is 0 Å². The van der Waals surface area contributed by atoms with Crippen molar-refractivity contribution in [1.29, 1.82) is 0 Å². The summed E-state index contributed by atoms with van der Waals surface area (Å²) in [5, 5.41) is 9.20. The summed E-state index contributed by atoms with van der Waals surface area (Å²) in [5.74, 6) is -1.07. The molecule has 1 fully saturated rings. The standard InChI is InChI=1S/C26H31ClN6O4S.ClH/c1-32-9-8-19-22(13-32)38-25(31-19)24(35)30-20-11-14(26(36)33(2)37-3)4-6-18(20)29-23(34)21-12-15-10-16(27)5-7-17(15)28-21;/h5,7,10,12,14,18,20,28H,4,6,8-9,11,13H2,1-3H3,(H,29,34)(H,30,35);1H/t14-,18-,20+;/m0./s1. The van der Waals surface area contributed by atoms with Crippen LogP contribution in [0.2, 0.25) is 5.02 Å². The van der Waals surface area contributed by atoms with Crippen LogP contribution in [0.1, 0.15) is 50.1 Å². The number of halogens is 2. The fourth-order valence-corrected chi connectivity index (χ4v) is 6.47. The smallest absolute Gasteiger partial charge is 0.280 e. The third-order valence-electron chi connectivity index (χ3n) is 7.36. The minimum Gasteiger partial charge on any atom is -0.351 e. The molecule has 1 aliphatic carbocycles. The van der Waals surface area contributed by atoms with Crippen molar-refractivity contribution in [3.05, 3.63) is 50.6 Å². The molecule has 1 aromatic carbocycles. The second-order valence-corrected chi connectivity index (χ2v) is 11.5. The molecule has 0 unspecified atom stereocenters. The Morgan fingerprint density at radius 2 is 1.95 bits per heavy atom. The predicted molar refractivity (Wildman–Crippen MR) is 152 cm³/mol. The topological polar surface area (TPSA) is 120 Å². The first-order chi connectivity index (χ1) is 18.2. The number of aromatic nitrogens is 2. The summed E-state index contributed by atoms with van der Waals surface area (Å²) in [6.45, 7) is 1.68. The van der Waals surface area contributed by atoms with Gasteiger partial charge in [0.05, 0.1) is 18.8 Å². The zero-order valence-corrected chi connectivity index (χ0v) is 24.3. The van der Waals surface area contributed by atoms with Gasteiger partial charge in [-0.1, -0.05) is 11.6 Å². The predicted octanol–water partition coefficient (Wildman–Crippen LogP) is 3.40. The van der Waals surface area contributed by atoms with Crippen molar-refractivity contribution in [2.45, 2.75) is 44.3 Å². The highest BCUT2D eigenvalue weighted by molar-refractivity contribution is 7.13. The molecular weight excluding hydrogens is 563 g/mol. The van der Waals surface area contributed by atoms with Gasteiger partial charge >= 0.3 is 0 Å². The van der Waals surface area contributed by atoms with E-state index in [2.05, 4.69) is 25.5 Å². The van der Waals surface area contributed by atoms with Crippen molar-refractivity contribution in [1.82, 2.24) is 30.6 Å². The van der Waals surface area contributed by atoms with Gasteiger partial charge in [0.2, 0.25) is 5.91 Å². The van der Waals surface area contributed by atoms with Gasteiger partial charge in [-0.05, 0) is 50.6 Å². The molecule has 210 valence electrons. The average Bonchev–Trinajstić information content (AvgIpc) is 3.52. The molecule has 39 heavy (non-hydrogen) atoms. The molecule has 1 saturated carbocycles. The number of likely N-dealkylation sites (N-methyl/N-ethyl adjacent to an activating group) is 1.